The lowest BCUT2D eigenvalue weighted by Gasteiger charge is -2.31. The summed E-state index contributed by atoms with van der Waals surface area (Å²) in [6, 6.07) is 5.16. The van der Waals surface area contributed by atoms with E-state index in [4.69, 9.17) is 9.47 Å². The van der Waals surface area contributed by atoms with Gasteiger partial charge < -0.3 is 19.3 Å². The molecule has 1 amide bonds. The van der Waals surface area contributed by atoms with Crippen LogP contribution in [-0.2, 0) is 4.79 Å². The van der Waals surface area contributed by atoms with Crippen LogP contribution in [0, 0.1) is 0 Å². The number of ketones is 1. The molecule has 1 aromatic rings. The van der Waals surface area contributed by atoms with Crippen molar-refractivity contribution in [3.8, 4) is 11.5 Å². The molecule has 2 aliphatic heterocycles. The Labute approximate surface area is 142 Å². The highest BCUT2D eigenvalue weighted by Crippen LogP contribution is 2.35. The van der Waals surface area contributed by atoms with Crippen LogP contribution in [0.3, 0.4) is 0 Å². The standard InChI is InChI=1S/C18H24N2O4/c1-18(2)11-15(21)14-10-13(4-5-16(14)24-18)23-12-17(22)20-8-6-19(3)7-9-20/h4-5,10H,6-9,11-12H2,1-3H3/p+1. The Hall–Kier alpha value is -2.08. The Morgan fingerprint density at radius 1 is 1.33 bits per heavy atom. The van der Waals surface area contributed by atoms with Gasteiger partial charge >= 0.3 is 0 Å². The Balaban J connectivity index is 1.62. The van der Waals surface area contributed by atoms with Gasteiger partial charge in [0.1, 0.15) is 17.1 Å². The lowest BCUT2D eigenvalue weighted by atomic mass is 9.93. The van der Waals surface area contributed by atoms with E-state index in [9.17, 15) is 9.59 Å². The Morgan fingerprint density at radius 2 is 2.04 bits per heavy atom. The minimum Gasteiger partial charge on any atom is -0.487 e. The summed E-state index contributed by atoms with van der Waals surface area (Å²) in [5.74, 6) is 1.14. The third kappa shape index (κ3) is 3.70. The number of benzene rings is 1. The molecule has 0 spiro atoms. The van der Waals surface area contributed by atoms with Crippen LogP contribution in [0.1, 0.15) is 30.6 Å². The molecule has 3 rings (SSSR count). The highest BCUT2D eigenvalue weighted by Gasteiger charge is 2.32. The van der Waals surface area contributed by atoms with Gasteiger partial charge in [0.15, 0.2) is 12.4 Å². The average molecular weight is 333 g/mol. The number of carbonyl (C=O) groups is 2. The molecule has 0 bridgehead atoms. The van der Waals surface area contributed by atoms with Crippen LogP contribution >= 0.6 is 0 Å². The molecule has 0 atom stereocenters. The van der Waals surface area contributed by atoms with Crippen molar-refractivity contribution >= 4 is 11.7 Å². The number of piperazine rings is 1. The van der Waals surface area contributed by atoms with Gasteiger partial charge in [-0.15, -0.1) is 0 Å². The van der Waals surface area contributed by atoms with E-state index in [-0.39, 0.29) is 18.3 Å². The van der Waals surface area contributed by atoms with Crippen LogP contribution < -0.4 is 14.4 Å². The van der Waals surface area contributed by atoms with Gasteiger partial charge in [0.25, 0.3) is 5.91 Å². The van der Waals surface area contributed by atoms with Crippen molar-refractivity contribution in [2.45, 2.75) is 25.9 Å². The van der Waals surface area contributed by atoms with Crippen molar-refractivity contribution in [1.29, 1.82) is 0 Å². The number of hydrogen-bond acceptors (Lipinski definition) is 4. The molecule has 6 nitrogen and oxygen atoms in total. The van der Waals surface area contributed by atoms with Gasteiger partial charge in [0.05, 0.1) is 45.2 Å². The van der Waals surface area contributed by atoms with Gasteiger partial charge in [-0.3, -0.25) is 9.59 Å². The van der Waals surface area contributed by atoms with Crippen LogP contribution in [0.2, 0.25) is 0 Å². The maximum absolute atomic E-state index is 12.3. The predicted octanol–water partition coefficient (Wildman–Crippen LogP) is 0.166. The molecule has 2 aliphatic rings. The first-order valence-corrected chi connectivity index (χ1v) is 8.42. The monoisotopic (exact) mass is 333 g/mol. The molecule has 0 aromatic heterocycles. The number of nitrogens with zero attached hydrogens (tertiary/aromatic N) is 1. The molecular weight excluding hydrogens is 308 g/mol. The number of Topliss-reactive ketones (excluding diaryl/α,β-unsaturated/α-hetero) is 1. The van der Waals surface area contributed by atoms with Crippen molar-refractivity contribution in [2.24, 2.45) is 0 Å². The molecule has 0 unspecified atom stereocenters. The zero-order valence-electron chi connectivity index (χ0n) is 14.6. The molecule has 1 saturated heterocycles. The number of rotatable bonds is 3. The van der Waals surface area contributed by atoms with Gasteiger partial charge in [-0.25, -0.2) is 0 Å². The summed E-state index contributed by atoms with van der Waals surface area (Å²) in [5, 5.41) is 0. The summed E-state index contributed by atoms with van der Waals surface area (Å²) in [4.78, 5) is 27.7. The largest absolute Gasteiger partial charge is 0.487 e. The SMILES string of the molecule is C[NH+]1CCN(C(=O)COc2ccc3c(c2)C(=O)CC(C)(C)O3)CC1. The smallest absolute Gasteiger partial charge is 0.260 e. The van der Waals surface area contributed by atoms with E-state index in [2.05, 4.69) is 7.05 Å². The van der Waals surface area contributed by atoms with Gasteiger partial charge in [-0.2, -0.15) is 0 Å². The lowest BCUT2D eigenvalue weighted by molar-refractivity contribution is -0.883. The van der Waals surface area contributed by atoms with Crippen LogP contribution in [-0.4, -0.2) is 62.0 Å². The summed E-state index contributed by atoms with van der Waals surface area (Å²) in [6.07, 6.45) is 0.339. The molecule has 24 heavy (non-hydrogen) atoms. The Kier molecular flexibility index (Phi) is 4.49. The summed E-state index contributed by atoms with van der Waals surface area (Å²) >= 11 is 0. The topological polar surface area (TPSA) is 60.3 Å². The van der Waals surface area contributed by atoms with Gasteiger partial charge in [0.2, 0.25) is 0 Å². The van der Waals surface area contributed by atoms with Crippen LogP contribution in [0.15, 0.2) is 18.2 Å². The van der Waals surface area contributed by atoms with E-state index in [0.717, 1.165) is 26.2 Å². The van der Waals surface area contributed by atoms with Crippen LogP contribution in [0.4, 0.5) is 0 Å². The number of hydrogen-bond donors (Lipinski definition) is 1. The molecule has 2 heterocycles. The second-order valence-electron chi connectivity index (χ2n) is 7.25. The van der Waals surface area contributed by atoms with Crippen molar-refractivity contribution in [1.82, 2.24) is 4.90 Å². The second kappa shape index (κ2) is 6.43. The van der Waals surface area contributed by atoms with Crippen LogP contribution in [0.5, 0.6) is 11.5 Å². The van der Waals surface area contributed by atoms with E-state index in [1.807, 2.05) is 18.7 Å². The zero-order valence-corrected chi connectivity index (χ0v) is 14.6. The summed E-state index contributed by atoms with van der Waals surface area (Å²) in [5.41, 5.74) is 0.0497. The third-order valence-electron chi connectivity index (χ3n) is 4.56. The number of likely N-dealkylation sites (N-methyl/N-ethyl adjacent to an activating group) is 1. The highest BCUT2D eigenvalue weighted by molar-refractivity contribution is 6.00. The highest BCUT2D eigenvalue weighted by atomic mass is 16.5. The summed E-state index contributed by atoms with van der Waals surface area (Å²) < 4.78 is 11.4. The first-order chi connectivity index (χ1) is 11.3. The zero-order chi connectivity index (χ0) is 17.3. The van der Waals surface area contributed by atoms with E-state index in [0.29, 0.717) is 23.5 Å². The maximum Gasteiger partial charge on any atom is 0.260 e. The van der Waals surface area contributed by atoms with Gasteiger partial charge in [-0.1, -0.05) is 0 Å². The number of amides is 1. The fraction of sp³-hybridized carbons (Fsp3) is 0.556. The van der Waals surface area contributed by atoms with E-state index in [1.54, 1.807) is 18.2 Å². The van der Waals surface area contributed by atoms with E-state index >= 15 is 0 Å². The second-order valence-corrected chi connectivity index (χ2v) is 7.25. The number of ether oxygens (including phenoxy) is 2. The first-order valence-electron chi connectivity index (χ1n) is 8.42. The van der Waals surface area contributed by atoms with E-state index < -0.39 is 5.60 Å². The molecule has 0 saturated carbocycles. The van der Waals surface area contributed by atoms with Gasteiger partial charge in [0, 0.05) is 0 Å². The van der Waals surface area contributed by atoms with Crippen molar-refractivity contribution in [3.63, 3.8) is 0 Å². The van der Waals surface area contributed by atoms with Crippen LogP contribution in [0.25, 0.3) is 0 Å². The third-order valence-corrected chi connectivity index (χ3v) is 4.56. The fourth-order valence-electron chi connectivity index (χ4n) is 3.10. The summed E-state index contributed by atoms with van der Waals surface area (Å²) in [6.45, 7) is 7.25. The molecule has 6 heteroatoms. The minimum atomic E-state index is -0.480. The minimum absolute atomic E-state index is 0.00161. The quantitative estimate of drug-likeness (QED) is 0.856. The molecule has 1 fully saturated rings. The lowest BCUT2D eigenvalue weighted by Crippen LogP contribution is -3.12. The predicted molar refractivity (Wildman–Crippen MR) is 88.8 cm³/mol. The first kappa shape index (κ1) is 16.8. The van der Waals surface area contributed by atoms with Crippen molar-refractivity contribution in [2.75, 3.05) is 39.8 Å². The van der Waals surface area contributed by atoms with Crippen molar-refractivity contribution in [3.05, 3.63) is 23.8 Å². The average Bonchev–Trinajstić information content (AvgIpc) is 2.52. The maximum atomic E-state index is 12.3. The van der Waals surface area contributed by atoms with E-state index in [1.165, 1.54) is 4.90 Å². The Bertz CT molecular complexity index is 648. The molecule has 1 aromatic carbocycles. The number of quaternary nitrogens is 1. The van der Waals surface area contributed by atoms with Gasteiger partial charge in [-0.05, 0) is 32.0 Å². The number of fused-ring (bicyclic) bond motifs is 1. The molecule has 0 aliphatic carbocycles. The Morgan fingerprint density at radius 3 is 2.75 bits per heavy atom. The fourth-order valence-corrected chi connectivity index (χ4v) is 3.10. The summed E-state index contributed by atoms with van der Waals surface area (Å²) in [7, 11) is 2.13. The number of nitrogens with one attached hydrogen (secondary N) is 1. The number of carbonyl (C=O) groups excluding carboxylic acids is 2. The molecule has 1 N–H and O–H groups in total. The molecule has 130 valence electrons. The molecule has 0 radical (unpaired) electrons. The normalized spacial score (nSPS) is 20.3. The molecular formula is C18H25N2O4+. The van der Waals surface area contributed by atoms with Crippen molar-refractivity contribution < 1.29 is 24.0 Å².